The van der Waals surface area contributed by atoms with Gasteiger partial charge in [0.15, 0.2) is 0 Å². The lowest BCUT2D eigenvalue weighted by Crippen LogP contribution is -2.45. The molecule has 3 N–H and O–H groups in total. The van der Waals surface area contributed by atoms with Gasteiger partial charge in [-0.2, -0.15) is 0 Å². The fourth-order valence-electron chi connectivity index (χ4n) is 6.16. The zero-order valence-electron chi connectivity index (χ0n) is 36.4. The van der Waals surface area contributed by atoms with Crippen LogP contribution in [0.25, 0.3) is 0 Å². The van der Waals surface area contributed by atoms with E-state index in [9.17, 15) is 19.4 Å². The maximum absolute atomic E-state index is 12.8. The van der Waals surface area contributed by atoms with E-state index < -0.39 is 20.0 Å². The first-order valence-corrected chi connectivity index (χ1v) is 24.0. The maximum atomic E-state index is 12.8. The lowest BCUT2D eigenvalue weighted by Gasteiger charge is -2.25. The Morgan fingerprint density at radius 1 is 0.618 bits per heavy atom. The molecule has 0 heterocycles. The predicted octanol–water partition coefficient (Wildman–Crippen LogP) is 12.5. The van der Waals surface area contributed by atoms with Gasteiger partial charge in [-0.15, -0.1) is 0 Å². The van der Waals surface area contributed by atoms with Gasteiger partial charge in [0, 0.05) is 6.42 Å². The van der Waals surface area contributed by atoms with Gasteiger partial charge in [-0.3, -0.25) is 13.8 Å². The summed E-state index contributed by atoms with van der Waals surface area (Å²) in [6, 6.07) is -0.846. The number of amides is 1. The molecule has 0 aliphatic heterocycles. The smallest absolute Gasteiger partial charge is 0.387 e. The Bertz CT molecular complexity index is 1040. The molecule has 0 aromatic rings. The standard InChI is InChI=1S/C46H87N2O6P/c1-6-8-10-12-14-16-17-18-19-20-21-22-23-24-25-26-27-28-29-30-31-32-34-36-38-40-46(50)47-44(43-54-55(51,52)53-42-41-48(3,4)5)45(49)39-37-35-33-15-13-11-9-7-2/h17-18,20-21,23-24,37,39,44-45,49H,6-16,19,22,25-36,38,40-43H2,1-5H3,(H-,47,50,51,52)/p+1/b18-17-,21-20-,24-23-,39-37+. The van der Waals surface area contributed by atoms with Crippen molar-refractivity contribution in [2.24, 2.45) is 0 Å². The molecule has 8 nitrogen and oxygen atoms in total. The highest BCUT2D eigenvalue weighted by molar-refractivity contribution is 7.47. The van der Waals surface area contributed by atoms with Gasteiger partial charge in [0.05, 0.1) is 39.9 Å². The molecule has 3 unspecified atom stereocenters. The third kappa shape index (κ3) is 40.5. The Kier molecular flexibility index (Phi) is 36.9. The van der Waals surface area contributed by atoms with E-state index in [0.29, 0.717) is 17.4 Å². The number of hydrogen-bond acceptors (Lipinski definition) is 5. The van der Waals surface area contributed by atoms with E-state index >= 15 is 0 Å². The van der Waals surface area contributed by atoms with Crippen molar-refractivity contribution in [3.8, 4) is 0 Å². The Balaban J connectivity index is 4.18. The Hall–Kier alpha value is -1.54. The van der Waals surface area contributed by atoms with Gasteiger partial charge in [-0.1, -0.05) is 172 Å². The second-order valence-electron chi connectivity index (χ2n) is 16.4. The van der Waals surface area contributed by atoms with Crippen molar-refractivity contribution >= 4 is 13.7 Å². The van der Waals surface area contributed by atoms with E-state index in [2.05, 4.69) is 55.6 Å². The van der Waals surface area contributed by atoms with Crippen LogP contribution in [0.2, 0.25) is 0 Å². The minimum absolute atomic E-state index is 0.0589. The molecule has 0 aromatic heterocycles. The normalized spacial score (nSPS) is 14.8. The molecule has 0 saturated carbocycles. The number of likely N-dealkylation sites (N-methyl/N-ethyl adjacent to an activating group) is 1. The average molecular weight is 796 g/mol. The molecule has 0 fully saturated rings. The van der Waals surface area contributed by atoms with Crippen LogP contribution >= 0.6 is 7.82 Å². The molecular weight excluding hydrogens is 707 g/mol. The molecule has 0 spiro atoms. The number of nitrogens with zero attached hydrogens (tertiary/aromatic N) is 1. The van der Waals surface area contributed by atoms with Gasteiger partial charge in [0.2, 0.25) is 5.91 Å². The molecule has 0 rings (SSSR count). The third-order valence-electron chi connectivity index (χ3n) is 9.79. The molecule has 0 bridgehead atoms. The lowest BCUT2D eigenvalue weighted by atomic mass is 10.0. The van der Waals surface area contributed by atoms with Crippen LogP contribution in [-0.2, 0) is 18.4 Å². The van der Waals surface area contributed by atoms with Crippen molar-refractivity contribution < 1.29 is 32.9 Å². The van der Waals surface area contributed by atoms with E-state index in [-0.39, 0.29) is 19.1 Å². The van der Waals surface area contributed by atoms with Crippen molar-refractivity contribution in [3.05, 3.63) is 48.6 Å². The van der Waals surface area contributed by atoms with Crippen molar-refractivity contribution in [2.45, 2.75) is 199 Å². The van der Waals surface area contributed by atoms with Crippen LogP contribution < -0.4 is 5.32 Å². The van der Waals surface area contributed by atoms with Gasteiger partial charge < -0.3 is 19.8 Å². The summed E-state index contributed by atoms with van der Waals surface area (Å²) >= 11 is 0. The number of rotatable bonds is 40. The van der Waals surface area contributed by atoms with Crippen molar-refractivity contribution in [3.63, 3.8) is 0 Å². The number of aliphatic hydroxyl groups is 1. The maximum Gasteiger partial charge on any atom is 0.472 e. The fraction of sp³-hybridized carbons (Fsp3) is 0.804. The van der Waals surface area contributed by atoms with Crippen LogP contribution in [-0.4, -0.2) is 73.4 Å². The molecule has 0 radical (unpaired) electrons. The molecule has 0 aromatic carbocycles. The number of quaternary nitrogens is 1. The number of nitrogens with one attached hydrogen (secondary N) is 1. The quantitative estimate of drug-likeness (QED) is 0.0247. The number of aliphatic hydroxyl groups excluding tert-OH is 1. The highest BCUT2D eigenvalue weighted by Crippen LogP contribution is 2.43. The first kappa shape index (κ1) is 53.5. The number of unbranched alkanes of at least 4 members (excludes halogenated alkanes) is 21. The van der Waals surface area contributed by atoms with E-state index in [1.165, 1.54) is 116 Å². The number of phosphoric acid groups is 1. The van der Waals surface area contributed by atoms with Crippen molar-refractivity contribution in [1.29, 1.82) is 0 Å². The number of allylic oxidation sites excluding steroid dienone is 7. The summed E-state index contributed by atoms with van der Waals surface area (Å²) in [4.78, 5) is 23.0. The number of phosphoric ester groups is 1. The highest BCUT2D eigenvalue weighted by atomic mass is 31.2. The molecule has 0 aliphatic rings. The molecule has 0 saturated heterocycles. The highest BCUT2D eigenvalue weighted by Gasteiger charge is 2.27. The molecular formula is C46H88N2O6P+. The zero-order chi connectivity index (χ0) is 40.7. The molecule has 1 amide bonds. The summed E-state index contributed by atoms with van der Waals surface area (Å²) in [5, 5.41) is 13.7. The van der Waals surface area contributed by atoms with Gasteiger partial charge in [-0.25, -0.2) is 4.57 Å². The summed E-state index contributed by atoms with van der Waals surface area (Å²) in [6.07, 6.45) is 47.7. The van der Waals surface area contributed by atoms with E-state index in [4.69, 9.17) is 9.05 Å². The Morgan fingerprint density at radius 2 is 1.04 bits per heavy atom. The Labute approximate surface area is 339 Å². The topological polar surface area (TPSA) is 105 Å². The minimum atomic E-state index is -4.33. The van der Waals surface area contributed by atoms with Gasteiger partial charge in [0.1, 0.15) is 13.2 Å². The molecule has 55 heavy (non-hydrogen) atoms. The van der Waals surface area contributed by atoms with Crippen molar-refractivity contribution in [1.82, 2.24) is 5.32 Å². The second-order valence-corrected chi connectivity index (χ2v) is 17.9. The summed E-state index contributed by atoms with van der Waals surface area (Å²) in [7, 11) is 1.56. The SMILES string of the molecule is CCCCCCC/C=C\C/C=C\C/C=C\CCCCCCCCCCCCC(=O)NC(COP(=O)(O)OCC[N+](C)(C)C)C(O)/C=C/CCCCCCCC. The first-order chi connectivity index (χ1) is 26.5. The van der Waals surface area contributed by atoms with Crippen LogP contribution in [0.5, 0.6) is 0 Å². The van der Waals surface area contributed by atoms with Crippen molar-refractivity contribution in [2.75, 3.05) is 40.9 Å². The van der Waals surface area contributed by atoms with Crippen LogP contribution in [0, 0.1) is 0 Å². The molecule has 0 aliphatic carbocycles. The summed E-state index contributed by atoms with van der Waals surface area (Å²) in [6.45, 7) is 4.74. The third-order valence-corrected chi connectivity index (χ3v) is 10.8. The number of carbonyl (C=O) groups excluding carboxylic acids is 1. The Morgan fingerprint density at radius 3 is 1.51 bits per heavy atom. The van der Waals surface area contributed by atoms with Gasteiger partial charge >= 0.3 is 7.82 Å². The number of hydrogen-bond donors (Lipinski definition) is 3. The summed E-state index contributed by atoms with van der Waals surface area (Å²) in [5.41, 5.74) is 0. The largest absolute Gasteiger partial charge is 0.472 e. The van der Waals surface area contributed by atoms with Gasteiger partial charge in [-0.05, 0) is 57.8 Å². The van der Waals surface area contributed by atoms with E-state index in [1.807, 2.05) is 27.2 Å². The lowest BCUT2D eigenvalue weighted by molar-refractivity contribution is -0.870. The summed E-state index contributed by atoms with van der Waals surface area (Å²) in [5.74, 6) is -0.187. The fourth-order valence-corrected chi connectivity index (χ4v) is 6.90. The van der Waals surface area contributed by atoms with Crippen LogP contribution in [0.1, 0.15) is 187 Å². The van der Waals surface area contributed by atoms with Gasteiger partial charge in [0.25, 0.3) is 0 Å². The van der Waals surface area contributed by atoms with Crippen LogP contribution in [0.3, 0.4) is 0 Å². The first-order valence-electron chi connectivity index (χ1n) is 22.5. The van der Waals surface area contributed by atoms with Crippen LogP contribution in [0.4, 0.5) is 0 Å². The van der Waals surface area contributed by atoms with E-state index in [0.717, 1.165) is 51.4 Å². The minimum Gasteiger partial charge on any atom is -0.387 e. The number of carbonyl (C=O) groups is 1. The molecule has 9 heteroatoms. The average Bonchev–Trinajstić information content (AvgIpc) is 3.13. The van der Waals surface area contributed by atoms with E-state index in [1.54, 1.807) is 6.08 Å². The predicted molar refractivity (Wildman–Crippen MR) is 235 cm³/mol. The second kappa shape index (κ2) is 38.0. The summed E-state index contributed by atoms with van der Waals surface area (Å²) < 4.78 is 23.4. The molecule has 3 atom stereocenters. The monoisotopic (exact) mass is 796 g/mol. The molecule has 322 valence electrons. The zero-order valence-corrected chi connectivity index (χ0v) is 37.3. The van der Waals surface area contributed by atoms with Crippen LogP contribution in [0.15, 0.2) is 48.6 Å².